The first-order valence-corrected chi connectivity index (χ1v) is 8.66. The number of rotatable bonds is 7. The molecular weight excluding hydrogens is 284 g/mol. The lowest BCUT2D eigenvalue weighted by atomic mass is 10.0. The van der Waals surface area contributed by atoms with Crippen molar-refractivity contribution < 1.29 is 4.74 Å². The van der Waals surface area contributed by atoms with Gasteiger partial charge in [0.25, 0.3) is 0 Å². The molecule has 3 nitrogen and oxygen atoms in total. The predicted octanol–water partition coefficient (Wildman–Crippen LogP) is 4.34. The van der Waals surface area contributed by atoms with E-state index in [1.54, 1.807) is 0 Å². The summed E-state index contributed by atoms with van der Waals surface area (Å²) < 4.78 is 5.61. The van der Waals surface area contributed by atoms with Crippen molar-refractivity contribution in [2.24, 2.45) is 0 Å². The summed E-state index contributed by atoms with van der Waals surface area (Å²) in [5.41, 5.74) is 4.04. The first-order valence-electron chi connectivity index (χ1n) is 8.66. The van der Waals surface area contributed by atoms with Crippen LogP contribution in [0.5, 0.6) is 5.75 Å². The molecular formula is C20H26N2O. The number of hydrogen-bond donors (Lipinski definition) is 1. The number of nitrogens with one attached hydrogen (secondary N) is 1. The summed E-state index contributed by atoms with van der Waals surface area (Å²) >= 11 is 0. The molecule has 2 aromatic rings. The van der Waals surface area contributed by atoms with Gasteiger partial charge in [-0.1, -0.05) is 25.1 Å². The van der Waals surface area contributed by atoms with Crippen LogP contribution in [0.4, 0.5) is 11.4 Å². The normalized spacial score (nSPS) is 13.5. The number of nitrogens with zero attached hydrogens (tertiary/aromatic N) is 1. The van der Waals surface area contributed by atoms with E-state index in [-0.39, 0.29) is 0 Å². The molecule has 0 amide bonds. The molecule has 0 aromatic heterocycles. The van der Waals surface area contributed by atoms with Gasteiger partial charge in [-0.15, -0.1) is 0 Å². The molecule has 0 atom stereocenters. The van der Waals surface area contributed by atoms with Crippen molar-refractivity contribution >= 4 is 11.4 Å². The number of anilines is 2. The molecule has 0 aliphatic carbocycles. The highest BCUT2D eigenvalue weighted by molar-refractivity contribution is 5.55. The van der Waals surface area contributed by atoms with E-state index in [1.807, 2.05) is 12.1 Å². The average molecular weight is 310 g/mol. The lowest BCUT2D eigenvalue weighted by molar-refractivity contribution is 0.317. The Morgan fingerprint density at radius 2 is 1.91 bits per heavy atom. The van der Waals surface area contributed by atoms with Crippen LogP contribution in [0.15, 0.2) is 48.5 Å². The van der Waals surface area contributed by atoms with E-state index in [0.29, 0.717) is 0 Å². The van der Waals surface area contributed by atoms with Crippen LogP contribution < -0.4 is 15.0 Å². The van der Waals surface area contributed by atoms with Gasteiger partial charge >= 0.3 is 0 Å². The van der Waals surface area contributed by atoms with Crippen LogP contribution in [0.1, 0.15) is 25.3 Å². The van der Waals surface area contributed by atoms with Gasteiger partial charge in [-0.05, 0) is 55.2 Å². The highest BCUT2D eigenvalue weighted by Gasteiger charge is 2.15. The topological polar surface area (TPSA) is 24.5 Å². The summed E-state index contributed by atoms with van der Waals surface area (Å²) in [5, 5.41) is 3.51. The van der Waals surface area contributed by atoms with Gasteiger partial charge in [0.15, 0.2) is 0 Å². The molecule has 1 N–H and O–H groups in total. The summed E-state index contributed by atoms with van der Waals surface area (Å²) in [6.45, 7) is 6.03. The largest absolute Gasteiger partial charge is 0.494 e. The van der Waals surface area contributed by atoms with Crippen molar-refractivity contribution in [3.05, 3.63) is 54.1 Å². The highest BCUT2D eigenvalue weighted by atomic mass is 16.5. The molecule has 0 radical (unpaired) electrons. The lowest BCUT2D eigenvalue weighted by Crippen LogP contribution is -2.33. The van der Waals surface area contributed by atoms with Gasteiger partial charge in [-0.2, -0.15) is 0 Å². The Bertz CT molecular complexity index is 609. The fourth-order valence-corrected chi connectivity index (χ4v) is 3.07. The maximum Gasteiger partial charge on any atom is 0.119 e. The van der Waals surface area contributed by atoms with E-state index >= 15 is 0 Å². The molecule has 0 saturated carbocycles. The molecule has 3 rings (SSSR count). The highest BCUT2D eigenvalue weighted by Crippen LogP contribution is 2.26. The molecule has 0 saturated heterocycles. The first kappa shape index (κ1) is 15.7. The molecule has 23 heavy (non-hydrogen) atoms. The van der Waals surface area contributed by atoms with E-state index in [2.05, 4.69) is 53.5 Å². The predicted molar refractivity (Wildman–Crippen MR) is 97.7 cm³/mol. The van der Waals surface area contributed by atoms with Crippen molar-refractivity contribution in [1.29, 1.82) is 0 Å². The monoisotopic (exact) mass is 310 g/mol. The maximum atomic E-state index is 5.61. The quantitative estimate of drug-likeness (QED) is 0.823. The molecule has 1 aliphatic heterocycles. The summed E-state index contributed by atoms with van der Waals surface area (Å²) in [6.07, 6.45) is 3.50. The Balaban J connectivity index is 1.50. The second-order valence-corrected chi connectivity index (χ2v) is 6.02. The zero-order valence-electron chi connectivity index (χ0n) is 13.9. The number of aryl methyl sites for hydroxylation is 1. The summed E-state index contributed by atoms with van der Waals surface area (Å²) in [5.74, 6) is 0.947. The minimum atomic E-state index is 0.779. The van der Waals surface area contributed by atoms with Gasteiger partial charge in [0, 0.05) is 31.0 Å². The van der Waals surface area contributed by atoms with Gasteiger partial charge in [0.1, 0.15) is 5.75 Å². The summed E-state index contributed by atoms with van der Waals surface area (Å²) in [7, 11) is 0. The fraction of sp³-hybridized carbons (Fsp3) is 0.400. The lowest BCUT2D eigenvalue weighted by Gasteiger charge is -2.31. The SMILES string of the molecule is CCCOc1ccc(NCCN2CCCc3ccccc32)cc1. The molecule has 2 aromatic carbocycles. The minimum Gasteiger partial charge on any atom is -0.494 e. The molecule has 0 spiro atoms. The zero-order chi connectivity index (χ0) is 15.9. The van der Waals surface area contributed by atoms with Crippen molar-refractivity contribution in [1.82, 2.24) is 0 Å². The number of ether oxygens (including phenoxy) is 1. The number of fused-ring (bicyclic) bond motifs is 1. The standard InChI is InChI=1S/C20H26N2O/c1-2-16-23-19-11-9-18(10-12-19)21-13-15-22-14-5-7-17-6-3-4-8-20(17)22/h3-4,6,8-12,21H,2,5,7,13-16H2,1H3. The minimum absolute atomic E-state index is 0.779. The molecule has 0 bridgehead atoms. The number of hydrogen-bond acceptors (Lipinski definition) is 3. The van der Waals surface area contributed by atoms with Crippen LogP contribution in [-0.4, -0.2) is 26.2 Å². The van der Waals surface area contributed by atoms with E-state index in [0.717, 1.165) is 44.1 Å². The van der Waals surface area contributed by atoms with Gasteiger partial charge in [-0.25, -0.2) is 0 Å². The van der Waals surface area contributed by atoms with Crippen molar-refractivity contribution in [3.8, 4) is 5.75 Å². The Kier molecular flexibility index (Phi) is 5.41. The van der Waals surface area contributed by atoms with Crippen LogP contribution >= 0.6 is 0 Å². The maximum absolute atomic E-state index is 5.61. The molecule has 122 valence electrons. The smallest absolute Gasteiger partial charge is 0.119 e. The van der Waals surface area contributed by atoms with Crippen LogP contribution in [-0.2, 0) is 6.42 Å². The summed E-state index contributed by atoms with van der Waals surface area (Å²) in [6, 6.07) is 17.0. The number of para-hydroxylation sites is 1. The van der Waals surface area contributed by atoms with Crippen LogP contribution in [0.25, 0.3) is 0 Å². The van der Waals surface area contributed by atoms with Crippen molar-refractivity contribution in [2.45, 2.75) is 26.2 Å². The summed E-state index contributed by atoms with van der Waals surface area (Å²) in [4.78, 5) is 2.49. The van der Waals surface area contributed by atoms with E-state index in [9.17, 15) is 0 Å². The molecule has 1 aliphatic rings. The van der Waals surface area contributed by atoms with Crippen LogP contribution in [0.2, 0.25) is 0 Å². The van der Waals surface area contributed by atoms with Crippen molar-refractivity contribution in [2.75, 3.05) is 36.5 Å². The van der Waals surface area contributed by atoms with E-state index in [4.69, 9.17) is 4.74 Å². The zero-order valence-corrected chi connectivity index (χ0v) is 13.9. The van der Waals surface area contributed by atoms with Gasteiger partial charge in [-0.3, -0.25) is 0 Å². The third-order valence-corrected chi connectivity index (χ3v) is 4.24. The third kappa shape index (κ3) is 4.19. The number of benzene rings is 2. The Morgan fingerprint density at radius 1 is 1.09 bits per heavy atom. The van der Waals surface area contributed by atoms with Crippen LogP contribution in [0, 0.1) is 0 Å². The second kappa shape index (κ2) is 7.91. The first-order chi connectivity index (χ1) is 11.4. The Morgan fingerprint density at radius 3 is 2.74 bits per heavy atom. The Labute approximate surface area is 139 Å². The Hall–Kier alpha value is -2.16. The van der Waals surface area contributed by atoms with Crippen LogP contribution in [0.3, 0.4) is 0 Å². The van der Waals surface area contributed by atoms with E-state index < -0.39 is 0 Å². The van der Waals surface area contributed by atoms with Crippen molar-refractivity contribution in [3.63, 3.8) is 0 Å². The van der Waals surface area contributed by atoms with Gasteiger partial charge in [0.05, 0.1) is 6.61 Å². The molecule has 0 fully saturated rings. The molecule has 3 heteroatoms. The average Bonchev–Trinajstić information content (AvgIpc) is 2.61. The van der Waals surface area contributed by atoms with Gasteiger partial charge < -0.3 is 15.0 Å². The third-order valence-electron chi connectivity index (χ3n) is 4.24. The second-order valence-electron chi connectivity index (χ2n) is 6.02. The fourth-order valence-electron chi connectivity index (χ4n) is 3.07. The van der Waals surface area contributed by atoms with E-state index in [1.165, 1.54) is 24.1 Å². The molecule has 1 heterocycles. The molecule has 0 unspecified atom stereocenters. The van der Waals surface area contributed by atoms with Gasteiger partial charge in [0.2, 0.25) is 0 Å².